The van der Waals surface area contributed by atoms with Gasteiger partial charge in [-0.15, -0.1) is 0 Å². The third-order valence-electron chi connectivity index (χ3n) is 3.52. The monoisotopic (exact) mass is 455 g/mol. The van der Waals surface area contributed by atoms with E-state index in [0.29, 0.717) is 0 Å². The highest BCUT2D eigenvalue weighted by Gasteiger charge is 2.90. The van der Waals surface area contributed by atoms with E-state index in [9.17, 15) is 62.2 Å². The fraction of sp³-hybridized carbons (Fsp3) is 0.571. The lowest BCUT2D eigenvalue weighted by atomic mass is 9.93. The van der Waals surface area contributed by atoms with Crippen molar-refractivity contribution < 1.29 is 66.9 Å². The summed E-state index contributed by atoms with van der Waals surface area (Å²) in [5.41, 5.74) is 0. The van der Waals surface area contributed by atoms with Gasteiger partial charge < -0.3 is 4.74 Å². The molecule has 0 aromatic heterocycles. The number of benzene rings is 1. The third-order valence-corrected chi connectivity index (χ3v) is 3.52. The van der Waals surface area contributed by atoms with Crippen LogP contribution in [0.4, 0.5) is 57.1 Å². The maximum absolute atomic E-state index is 13.5. The van der Waals surface area contributed by atoms with Crippen molar-refractivity contribution in [2.24, 2.45) is 0 Å². The summed E-state index contributed by atoms with van der Waals surface area (Å²) in [6.45, 7) is -1.67. The molecular weight excluding hydrogens is 447 g/mol. The Hall–Kier alpha value is -2.09. The second-order valence-corrected chi connectivity index (χ2v) is 5.54. The summed E-state index contributed by atoms with van der Waals surface area (Å²) in [7, 11) is 0. The smallest absolute Gasteiger partial charge is 0.460 e. The molecule has 0 aliphatic heterocycles. The number of hydrogen-bond donors (Lipinski definition) is 0. The van der Waals surface area contributed by atoms with Crippen LogP contribution in [0.3, 0.4) is 0 Å². The molecule has 167 valence electrons. The second-order valence-electron chi connectivity index (χ2n) is 5.54. The maximum Gasteiger partial charge on any atom is 0.460 e. The van der Waals surface area contributed by atoms with E-state index in [2.05, 4.69) is 4.74 Å². The van der Waals surface area contributed by atoms with E-state index < -0.39 is 60.3 Å². The Kier molecular flexibility index (Phi) is 6.29. The zero-order valence-electron chi connectivity index (χ0n) is 13.5. The van der Waals surface area contributed by atoms with Gasteiger partial charge in [0.2, 0.25) is 5.75 Å². The molecule has 2 nitrogen and oxygen atoms in total. The van der Waals surface area contributed by atoms with Crippen molar-refractivity contribution in [2.75, 3.05) is 6.61 Å². The van der Waals surface area contributed by atoms with Crippen LogP contribution in [-0.4, -0.2) is 42.4 Å². The van der Waals surface area contributed by atoms with Crippen LogP contribution in [0.1, 0.15) is 6.42 Å². The van der Waals surface area contributed by atoms with Crippen LogP contribution in [0, 0.1) is 0 Å². The van der Waals surface area contributed by atoms with Gasteiger partial charge in [-0.3, -0.25) is 5.11 Å². The van der Waals surface area contributed by atoms with Crippen molar-refractivity contribution in [3.63, 3.8) is 0 Å². The molecule has 0 saturated heterocycles. The summed E-state index contributed by atoms with van der Waals surface area (Å²) in [6.07, 6.45) is -9.98. The van der Waals surface area contributed by atoms with E-state index in [0.717, 1.165) is 24.3 Å². The molecule has 1 radical (unpaired) electrons. The molecule has 1 aromatic carbocycles. The molecule has 0 saturated carbocycles. The molecule has 0 aliphatic carbocycles. The average Bonchev–Trinajstić information content (AvgIpc) is 2.54. The van der Waals surface area contributed by atoms with E-state index in [1.807, 2.05) is 0 Å². The Morgan fingerprint density at radius 1 is 0.655 bits per heavy atom. The van der Waals surface area contributed by atoms with Crippen molar-refractivity contribution in [3.8, 4) is 11.5 Å². The summed E-state index contributed by atoms with van der Waals surface area (Å²) >= 11 is 0. The van der Waals surface area contributed by atoms with Gasteiger partial charge in [-0.2, -0.15) is 57.1 Å². The van der Waals surface area contributed by atoms with Gasteiger partial charge in [0.05, 0.1) is 13.0 Å². The first-order valence-electron chi connectivity index (χ1n) is 7.08. The highest BCUT2D eigenvalue weighted by atomic mass is 19.4. The van der Waals surface area contributed by atoms with Crippen LogP contribution in [0.2, 0.25) is 0 Å². The average molecular weight is 455 g/mol. The van der Waals surface area contributed by atoms with E-state index in [1.54, 1.807) is 0 Å². The predicted octanol–water partition coefficient (Wildman–Crippen LogP) is 6.34. The molecule has 0 unspecified atom stereocenters. The molecule has 1 rings (SSSR count). The van der Waals surface area contributed by atoms with Gasteiger partial charge >= 0.3 is 35.8 Å². The molecule has 0 amide bonds. The van der Waals surface area contributed by atoms with Gasteiger partial charge in [0, 0.05) is 0 Å². The summed E-state index contributed by atoms with van der Waals surface area (Å²) in [4.78, 5) is 0. The van der Waals surface area contributed by atoms with E-state index >= 15 is 0 Å². The Labute approximate surface area is 152 Å². The van der Waals surface area contributed by atoms with Gasteiger partial charge in [-0.25, -0.2) is 0 Å². The maximum atomic E-state index is 13.5. The lowest BCUT2D eigenvalue weighted by Crippen LogP contribution is -2.70. The molecule has 1 aromatic rings. The molecule has 0 bridgehead atoms. The number of para-hydroxylation sites is 2. The van der Waals surface area contributed by atoms with E-state index in [-0.39, 0.29) is 0 Å². The van der Waals surface area contributed by atoms with Crippen LogP contribution in [0.25, 0.3) is 0 Å². The molecule has 0 aliphatic rings. The number of hydrogen-bond acceptors (Lipinski definition) is 1. The lowest BCUT2D eigenvalue weighted by molar-refractivity contribution is -0.440. The minimum atomic E-state index is -7.94. The summed E-state index contributed by atoms with van der Waals surface area (Å²) < 4.78 is 172. The fourth-order valence-corrected chi connectivity index (χ4v) is 1.82. The van der Waals surface area contributed by atoms with Gasteiger partial charge in [0.15, 0.2) is 5.75 Å². The number of alkyl halides is 13. The number of ether oxygens (including phenoxy) is 1. The molecule has 0 fully saturated rings. The summed E-state index contributed by atoms with van der Waals surface area (Å²) in [6, 6.07) is 3.90. The fourth-order valence-electron chi connectivity index (χ4n) is 1.82. The summed E-state index contributed by atoms with van der Waals surface area (Å²) in [5, 5.41) is 11.2. The van der Waals surface area contributed by atoms with E-state index in [1.165, 1.54) is 0 Å². The van der Waals surface area contributed by atoms with Gasteiger partial charge in [-0.05, 0) is 12.1 Å². The molecule has 0 spiro atoms. The molecular formula is C14H8F13O2. The van der Waals surface area contributed by atoms with Crippen LogP contribution in [0.5, 0.6) is 11.5 Å². The van der Waals surface area contributed by atoms with Crippen molar-refractivity contribution in [2.45, 2.75) is 42.2 Å². The molecule has 0 heterocycles. The Balaban J connectivity index is 3.13. The Morgan fingerprint density at radius 3 is 1.55 bits per heavy atom. The number of halogens is 13. The largest absolute Gasteiger partial charge is 0.489 e. The van der Waals surface area contributed by atoms with Crippen LogP contribution in [-0.2, 0) is 5.11 Å². The van der Waals surface area contributed by atoms with Crippen molar-refractivity contribution in [1.82, 2.24) is 0 Å². The van der Waals surface area contributed by atoms with E-state index in [4.69, 9.17) is 0 Å². The zero-order valence-corrected chi connectivity index (χ0v) is 13.5. The normalized spacial score (nSPS) is 14.8. The first-order valence-corrected chi connectivity index (χ1v) is 7.08. The highest BCUT2D eigenvalue weighted by Crippen LogP contribution is 2.60. The van der Waals surface area contributed by atoms with Crippen LogP contribution >= 0.6 is 0 Å². The zero-order chi connectivity index (χ0) is 23.1. The first-order chi connectivity index (χ1) is 12.7. The summed E-state index contributed by atoms with van der Waals surface area (Å²) in [5.74, 6) is -38.8. The molecule has 29 heavy (non-hydrogen) atoms. The first kappa shape index (κ1) is 24.9. The Morgan fingerprint density at radius 2 is 1.10 bits per heavy atom. The minimum absolute atomic E-state index is 0.729. The van der Waals surface area contributed by atoms with Gasteiger partial charge in [-0.1, -0.05) is 12.1 Å². The topological polar surface area (TPSA) is 29.1 Å². The van der Waals surface area contributed by atoms with Crippen LogP contribution < -0.4 is 4.74 Å². The third kappa shape index (κ3) is 3.99. The molecule has 0 N–H and O–H groups in total. The SMILES string of the molecule is [O]c1ccccc1OCCC(F)(F)C(F)(F)C(F)(F)C(F)(F)C(F)(F)C(F)(F)F. The quantitative estimate of drug-likeness (QED) is 0.421. The minimum Gasteiger partial charge on any atom is -0.489 e. The van der Waals surface area contributed by atoms with Crippen LogP contribution in [0.15, 0.2) is 24.3 Å². The molecule has 15 heteroatoms. The molecule has 0 atom stereocenters. The van der Waals surface area contributed by atoms with Crippen molar-refractivity contribution >= 4 is 0 Å². The standard InChI is InChI=1S/C14H8F13O2/c15-9(16,5-6-29-8-4-2-1-3-7(8)28)10(17,18)11(19,20)12(21,22)13(23,24)14(25,26)27/h1-4H,5-6H2. The van der Waals surface area contributed by atoms with Crippen molar-refractivity contribution in [3.05, 3.63) is 24.3 Å². The number of rotatable bonds is 8. The van der Waals surface area contributed by atoms with Gasteiger partial charge in [0.25, 0.3) is 0 Å². The second kappa shape index (κ2) is 7.31. The predicted molar refractivity (Wildman–Crippen MR) is 67.5 cm³/mol. The highest BCUT2D eigenvalue weighted by molar-refractivity contribution is 5.37. The van der Waals surface area contributed by atoms with Crippen molar-refractivity contribution in [1.29, 1.82) is 0 Å². The Bertz CT molecular complexity index is 712. The lowest BCUT2D eigenvalue weighted by Gasteiger charge is -2.39. The van der Waals surface area contributed by atoms with Gasteiger partial charge in [0.1, 0.15) is 0 Å².